The van der Waals surface area contributed by atoms with Gasteiger partial charge in [0.05, 0.1) is 0 Å². The number of benzene rings is 2. The average molecular weight is 321 g/mol. The molecule has 0 spiro atoms. The van der Waals surface area contributed by atoms with Gasteiger partial charge in [-0.3, -0.25) is 0 Å². The van der Waals surface area contributed by atoms with Gasteiger partial charge < -0.3 is 14.2 Å². The van der Waals surface area contributed by atoms with E-state index in [4.69, 9.17) is 14.2 Å². The number of hydrogen-bond acceptors (Lipinski definition) is 4. The number of rotatable bonds is 7. The largest absolute Gasteiger partial charge is 0.490 e. The van der Waals surface area contributed by atoms with Crippen molar-refractivity contribution in [2.45, 2.75) is 13.0 Å². The van der Waals surface area contributed by atoms with Gasteiger partial charge in [0.15, 0.2) is 0 Å². The van der Waals surface area contributed by atoms with Gasteiger partial charge in [-0.25, -0.2) is 4.98 Å². The van der Waals surface area contributed by atoms with Gasteiger partial charge in [-0.1, -0.05) is 30.3 Å². The van der Waals surface area contributed by atoms with E-state index in [1.807, 2.05) is 79.7 Å². The summed E-state index contributed by atoms with van der Waals surface area (Å²) >= 11 is 0. The van der Waals surface area contributed by atoms with E-state index in [0.717, 1.165) is 17.2 Å². The number of ether oxygens (including phenoxy) is 3. The highest BCUT2D eigenvalue weighted by molar-refractivity contribution is 5.36. The average Bonchev–Trinajstić information content (AvgIpc) is 2.62. The summed E-state index contributed by atoms with van der Waals surface area (Å²) in [6.45, 7) is 2.37. The first-order valence-corrected chi connectivity index (χ1v) is 7.83. The van der Waals surface area contributed by atoms with Crippen molar-refractivity contribution in [2.75, 3.05) is 6.61 Å². The van der Waals surface area contributed by atoms with E-state index < -0.39 is 0 Å². The number of aromatic nitrogens is 1. The molecule has 0 fully saturated rings. The van der Waals surface area contributed by atoms with Crippen LogP contribution in [0.5, 0.6) is 23.1 Å². The van der Waals surface area contributed by atoms with Gasteiger partial charge in [0.25, 0.3) is 0 Å². The van der Waals surface area contributed by atoms with Crippen LogP contribution in [0.15, 0.2) is 79.0 Å². The van der Waals surface area contributed by atoms with Crippen molar-refractivity contribution in [1.82, 2.24) is 4.98 Å². The molecule has 4 nitrogen and oxygen atoms in total. The summed E-state index contributed by atoms with van der Waals surface area (Å²) < 4.78 is 17.3. The summed E-state index contributed by atoms with van der Waals surface area (Å²) in [5.41, 5.74) is 0. The van der Waals surface area contributed by atoms with Crippen molar-refractivity contribution in [1.29, 1.82) is 0 Å². The lowest BCUT2D eigenvalue weighted by molar-refractivity contribution is 0.138. The Labute approximate surface area is 141 Å². The quantitative estimate of drug-likeness (QED) is 0.631. The second-order valence-corrected chi connectivity index (χ2v) is 5.30. The first-order chi connectivity index (χ1) is 11.8. The normalized spacial score (nSPS) is 11.5. The van der Waals surface area contributed by atoms with Crippen LogP contribution in [-0.4, -0.2) is 17.7 Å². The molecule has 0 bridgehead atoms. The van der Waals surface area contributed by atoms with Crippen molar-refractivity contribution in [3.8, 4) is 23.1 Å². The fourth-order valence-electron chi connectivity index (χ4n) is 2.12. The highest BCUT2D eigenvalue weighted by atomic mass is 16.5. The molecule has 1 atom stereocenters. The van der Waals surface area contributed by atoms with Crippen LogP contribution in [0.1, 0.15) is 6.92 Å². The molecule has 1 heterocycles. The van der Waals surface area contributed by atoms with Crippen molar-refractivity contribution in [3.05, 3.63) is 79.0 Å². The zero-order chi connectivity index (χ0) is 16.6. The van der Waals surface area contributed by atoms with Crippen LogP contribution in [0.4, 0.5) is 0 Å². The molecule has 2 aromatic carbocycles. The Kier molecular flexibility index (Phi) is 5.30. The van der Waals surface area contributed by atoms with Gasteiger partial charge in [0, 0.05) is 18.3 Å². The predicted octanol–water partition coefficient (Wildman–Crippen LogP) is 4.72. The SMILES string of the molecule is CC(COc1cccc(Oc2ccccc2)c1)Oc1ccccn1. The summed E-state index contributed by atoms with van der Waals surface area (Å²) in [4.78, 5) is 4.14. The minimum absolute atomic E-state index is 0.112. The van der Waals surface area contributed by atoms with Gasteiger partial charge in [-0.05, 0) is 37.3 Å². The summed E-state index contributed by atoms with van der Waals surface area (Å²) in [7, 11) is 0. The topological polar surface area (TPSA) is 40.6 Å². The van der Waals surface area contributed by atoms with E-state index >= 15 is 0 Å². The van der Waals surface area contributed by atoms with Crippen molar-refractivity contribution >= 4 is 0 Å². The first-order valence-electron chi connectivity index (χ1n) is 7.83. The summed E-state index contributed by atoms with van der Waals surface area (Å²) in [5.74, 6) is 2.85. The molecule has 0 aliphatic rings. The lowest BCUT2D eigenvalue weighted by Gasteiger charge is -2.15. The maximum atomic E-state index is 5.80. The van der Waals surface area contributed by atoms with Gasteiger partial charge in [-0.2, -0.15) is 0 Å². The first kappa shape index (κ1) is 15.9. The van der Waals surface area contributed by atoms with Crippen LogP contribution >= 0.6 is 0 Å². The van der Waals surface area contributed by atoms with E-state index in [1.54, 1.807) is 6.20 Å². The minimum Gasteiger partial charge on any atom is -0.490 e. The second kappa shape index (κ2) is 8.02. The molecule has 0 amide bonds. The van der Waals surface area contributed by atoms with Crippen LogP contribution < -0.4 is 14.2 Å². The molecule has 24 heavy (non-hydrogen) atoms. The smallest absolute Gasteiger partial charge is 0.213 e. The molecule has 1 aromatic heterocycles. The van der Waals surface area contributed by atoms with E-state index in [-0.39, 0.29) is 6.10 Å². The lowest BCUT2D eigenvalue weighted by Crippen LogP contribution is -2.21. The van der Waals surface area contributed by atoms with Crippen molar-refractivity contribution < 1.29 is 14.2 Å². The summed E-state index contributed by atoms with van der Waals surface area (Å²) in [6.07, 6.45) is 1.59. The maximum absolute atomic E-state index is 5.80. The van der Waals surface area contributed by atoms with Gasteiger partial charge >= 0.3 is 0 Å². The highest BCUT2D eigenvalue weighted by Gasteiger charge is 2.07. The molecular weight excluding hydrogens is 302 g/mol. The van der Waals surface area contributed by atoms with Crippen LogP contribution in [0.2, 0.25) is 0 Å². The third-order valence-corrected chi connectivity index (χ3v) is 3.23. The van der Waals surface area contributed by atoms with Gasteiger partial charge in [0.1, 0.15) is 30.0 Å². The van der Waals surface area contributed by atoms with Gasteiger partial charge in [0.2, 0.25) is 5.88 Å². The highest BCUT2D eigenvalue weighted by Crippen LogP contribution is 2.25. The lowest BCUT2D eigenvalue weighted by atomic mass is 10.3. The molecular formula is C20H19NO3. The number of pyridine rings is 1. The minimum atomic E-state index is -0.112. The van der Waals surface area contributed by atoms with E-state index in [0.29, 0.717) is 12.5 Å². The molecule has 1 unspecified atom stereocenters. The molecule has 0 N–H and O–H groups in total. The fraction of sp³-hybridized carbons (Fsp3) is 0.150. The Balaban J connectivity index is 1.54. The Hall–Kier alpha value is -3.01. The monoisotopic (exact) mass is 321 g/mol. The fourth-order valence-corrected chi connectivity index (χ4v) is 2.12. The van der Waals surface area contributed by atoms with Crippen LogP contribution in [0.3, 0.4) is 0 Å². The zero-order valence-corrected chi connectivity index (χ0v) is 13.5. The van der Waals surface area contributed by atoms with Gasteiger partial charge in [-0.15, -0.1) is 0 Å². The molecule has 122 valence electrons. The molecule has 0 aliphatic heterocycles. The molecule has 0 saturated heterocycles. The zero-order valence-electron chi connectivity index (χ0n) is 13.5. The molecule has 3 rings (SSSR count). The predicted molar refractivity (Wildman–Crippen MR) is 92.8 cm³/mol. The van der Waals surface area contributed by atoms with Crippen LogP contribution in [0, 0.1) is 0 Å². The second-order valence-electron chi connectivity index (χ2n) is 5.30. The maximum Gasteiger partial charge on any atom is 0.213 e. The van der Waals surface area contributed by atoms with Crippen LogP contribution in [0.25, 0.3) is 0 Å². The standard InChI is InChI=1S/C20H19NO3/c1-16(23-20-12-5-6-13-21-20)15-22-18-10-7-11-19(14-18)24-17-8-3-2-4-9-17/h2-14,16H,15H2,1H3. The van der Waals surface area contributed by atoms with E-state index in [1.165, 1.54) is 0 Å². The number of para-hydroxylation sites is 1. The Morgan fingerprint density at radius 1 is 0.833 bits per heavy atom. The van der Waals surface area contributed by atoms with E-state index in [9.17, 15) is 0 Å². The Morgan fingerprint density at radius 2 is 1.58 bits per heavy atom. The van der Waals surface area contributed by atoms with Crippen molar-refractivity contribution in [3.63, 3.8) is 0 Å². The number of hydrogen-bond donors (Lipinski definition) is 0. The molecule has 0 radical (unpaired) electrons. The molecule has 0 aliphatic carbocycles. The van der Waals surface area contributed by atoms with Crippen molar-refractivity contribution in [2.24, 2.45) is 0 Å². The molecule has 3 aromatic rings. The number of nitrogens with zero attached hydrogens (tertiary/aromatic N) is 1. The third-order valence-electron chi connectivity index (χ3n) is 3.23. The third kappa shape index (κ3) is 4.74. The molecule has 0 saturated carbocycles. The summed E-state index contributed by atoms with van der Waals surface area (Å²) in [5, 5.41) is 0. The van der Waals surface area contributed by atoms with E-state index in [2.05, 4.69) is 4.98 Å². The Morgan fingerprint density at radius 3 is 2.38 bits per heavy atom. The molecule has 4 heteroatoms. The summed E-state index contributed by atoms with van der Waals surface area (Å²) in [6, 6.07) is 22.8. The Bertz CT molecular complexity index is 747. The van der Waals surface area contributed by atoms with Crippen LogP contribution in [-0.2, 0) is 0 Å².